The van der Waals surface area contributed by atoms with Crippen molar-refractivity contribution in [3.05, 3.63) is 28.2 Å². The Kier molecular flexibility index (Phi) is 5.15. The average Bonchev–Trinajstić information content (AvgIpc) is 2.35. The Morgan fingerprint density at radius 2 is 2.11 bits per heavy atom. The van der Waals surface area contributed by atoms with E-state index in [1.165, 1.54) is 12.0 Å². The minimum atomic E-state index is -0.928. The summed E-state index contributed by atoms with van der Waals surface area (Å²) < 4.78 is 5.86. The maximum atomic E-state index is 12.0. The van der Waals surface area contributed by atoms with Gasteiger partial charge in [-0.3, -0.25) is 9.59 Å². The lowest BCUT2D eigenvalue weighted by Crippen LogP contribution is -2.29. The summed E-state index contributed by atoms with van der Waals surface area (Å²) in [5, 5.41) is 8.57. The Bertz CT molecular complexity index is 461. The highest BCUT2D eigenvalue weighted by Crippen LogP contribution is 2.26. The molecule has 0 saturated heterocycles. The molecule has 0 heterocycles. The molecule has 1 N–H and O–H groups in total. The molecule has 0 spiro atoms. The van der Waals surface area contributed by atoms with Gasteiger partial charge in [-0.1, -0.05) is 0 Å². The predicted octanol–water partition coefficient (Wildman–Crippen LogP) is 2.00. The van der Waals surface area contributed by atoms with Crippen molar-refractivity contribution in [1.82, 2.24) is 4.90 Å². The van der Waals surface area contributed by atoms with Gasteiger partial charge in [-0.25, -0.2) is 0 Å². The van der Waals surface area contributed by atoms with Gasteiger partial charge in [0.2, 0.25) is 0 Å². The summed E-state index contributed by atoms with van der Waals surface area (Å²) in [5.41, 5.74) is 0.461. The molecule has 0 aliphatic carbocycles. The van der Waals surface area contributed by atoms with E-state index in [4.69, 9.17) is 9.84 Å². The Balaban J connectivity index is 2.80. The lowest BCUT2D eigenvalue weighted by Gasteiger charge is -2.16. The van der Waals surface area contributed by atoms with Gasteiger partial charge in [0.1, 0.15) is 5.75 Å². The quantitative estimate of drug-likeness (QED) is 0.902. The standard InChI is InChI=1S/C12H14BrNO4/c1-14(6-5-11(15)16)12(17)8-3-4-9(13)10(7-8)18-2/h3-4,7H,5-6H2,1-2H3,(H,15,16). The van der Waals surface area contributed by atoms with Gasteiger partial charge in [-0.05, 0) is 34.1 Å². The van der Waals surface area contributed by atoms with E-state index in [1.54, 1.807) is 25.2 Å². The number of nitrogens with zero attached hydrogens (tertiary/aromatic N) is 1. The van der Waals surface area contributed by atoms with Crippen molar-refractivity contribution >= 4 is 27.8 Å². The molecule has 98 valence electrons. The molecule has 0 aliphatic rings. The number of aliphatic carboxylic acids is 1. The summed E-state index contributed by atoms with van der Waals surface area (Å²) in [6, 6.07) is 4.99. The Hall–Kier alpha value is -1.56. The molecule has 1 amide bonds. The molecule has 0 unspecified atom stereocenters. The van der Waals surface area contributed by atoms with E-state index in [2.05, 4.69) is 15.9 Å². The minimum Gasteiger partial charge on any atom is -0.496 e. The van der Waals surface area contributed by atoms with Crippen molar-refractivity contribution in [2.75, 3.05) is 20.7 Å². The third-order valence-corrected chi connectivity index (χ3v) is 3.06. The van der Waals surface area contributed by atoms with Gasteiger partial charge in [0.05, 0.1) is 18.0 Å². The van der Waals surface area contributed by atoms with Gasteiger partial charge in [-0.2, -0.15) is 0 Å². The zero-order chi connectivity index (χ0) is 13.7. The number of ether oxygens (including phenoxy) is 1. The molecule has 0 saturated carbocycles. The molecular formula is C12H14BrNO4. The van der Waals surface area contributed by atoms with Crippen LogP contribution >= 0.6 is 15.9 Å². The van der Waals surface area contributed by atoms with Crippen LogP contribution in [0.5, 0.6) is 5.75 Å². The van der Waals surface area contributed by atoms with Crippen LogP contribution in [-0.2, 0) is 4.79 Å². The predicted molar refractivity (Wildman–Crippen MR) is 69.9 cm³/mol. The molecule has 5 nitrogen and oxygen atoms in total. The van der Waals surface area contributed by atoms with Crippen molar-refractivity contribution in [2.24, 2.45) is 0 Å². The maximum absolute atomic E-state index is 12.0. The first-order valence-corrected chi connectivity index (χ1v) is 6.05. The van der Waals surface area contributed by atoms with Crippen LogP contribution in [0, 0.1) is 0 Å². The number of amides is 1. The molecule has 0 bridgehead atoms. The lowest BCUT2D eigenvalue weighted by atomic mass is 10.2. The largest absolute Gasteiger partial charge is 0.496 e. The topological polar surface area (TPSA) is 66.8 Å². The number of carbonyl (C=O) groups excluding carboxylic acids is 1. The fourth-order valence-electron chi connectivity index (χ4n) is 1.38. The molecule has 0 aliphatic heterocycles. The van der Waals surface area contributed by atoms with Crippen LogP contribution in [0.25, 0.3) is 0 Å². The molecule has 18 heavy (non-hydrogen) atoms. The second kappa shape index (κ2) is 6.39. The third-order valence-electron chi connectivity index (χ3n) is 2.41. The van der Waals surface area contributed by atoms with E-state index in [1.807, 2.05) is 0 Å². The Morgan fingerprint density at radius 1 is 1.44 bits per heavy atom. The highest BCUT2D eigenvalue weighted by atomic mass is 79.9. The second-order valence-corrected chi connectivity index (χ2v) is 4.57. The smallest absolute Gasteiger partial charge is 0.305 e. The summed E-state index contributed by atoms with van der Waals surface area (Å²) in [6.07, 6.45) is -0.0735. The highest BCUT2D eigenvalue weighted by Gasteiger charge is 2.14. The molecule has 0 aromatic heterocycles. The van der Waals surface area contributed by atoms with Crippen molar-refractivity contribution in [3.8, 4) is 5.75 Å². The SMILES string of the molecule is COc1cc(C(=O)N(C)CCC(=O)O)ccc1Br. The number of halogens is 1. The van der Waals surface area contributed by atoms with Crippen molar-refractivity contribution in [3.63, 3.8) is 0 Å². The first-order valence-electron chi connectivity index (χ1n) is 5.26. The zero-order valence-corrected chi connectivity index (χ0v) is 11.7. The van der Waals surface area contributed by atoms with Gasteiger partial charge in [0.25, 0.3) is 5.91 Å². The second-order valence-electron chi connectivity index (χ2n) is 3.72. The maximum Gasteiger partial charge on any atom is 0.305 e. The van der Waals surface area contributed by atoms with Gasteiger partial charge in [0, 0.05) is 19.2 Å². The summed E-state index contributed by atoms with van der Waals surface area (Å²) in [5.74, 6) is -0.599. The number of hydrogen-bond acceptors (Lipinski definition) is 3. The van der Waals surface area contributed by atoms with Gasteiger partial charge in [0.15, 0.2) is 0 Å². The monoisotopic (exact) mass is 315 g/mol. The van der Waals surface area contributed by atoms with E-state index in [9.17, 15) is 9.59 Å². The van der Waals surface area contributed by atoms with Crippen LogP contribution in [0.2, 0.25) is 0 Å². The van der Waals surface area contributed by atoms with Crippen LogP contribution in [-0.4, -0.2) is 42.6 Å². The Morgan fingerprint density at radius 3 is 2.67 bits per heavy atom. The molecule has 0 atom stereocenters. The normalized spacial score (nSPS) is 9.94. The summed E-state index contributed by atoms with van der Waals surface area (Å²) in [7, 11) is 3.09. The Labute approximate surface area is 113 Å². The number of carbonyl (C=O) groups is 2. The van der Waals surface area contributed by atoms with Crippen molar-refractivity contribution in [1.29, 1.82) is 0 Å². The molecule has 1 aromatic carbocycles. The van der Waals surface area contributed by atoms with Crippen LogP contribution in [0.3, 0.4) is 0 Å². The lowest BCUT2D eigenvalue weighted by molar-refractivity contribution is -0.137. The van der Waals surface area contributed by atoms with E-state index in [0.29, 0.717) is 11.3 Å². The molecule has 6 heteroatoms. The van der Waals surface area contributed by atoms with Gasteiger partial charge >= 0.3 is 5.97 Å². The number of carboxylic acids is 1. The molecular weight excluding hydrogens is 302 g/mol. The number of benzene rings is 1. The highest BCUT2D eigenvalue weighted by molar-refractivity contribution is 9.10. The van der Waals surface area contributed by atoms with E-state index in [-0.39, 0.29) is 18.9 Å². The third kappa shape index (κ3) is 3.73. The minimum absolute atomic E-state index is 0.0735. The first-order chi connectivity index (χ1) is 8.45. The van der Waals surface area contributed by atoms with Gasteiger partial charge < -0.3 is 14.7 Å². The summed E-state index contributed by atoms with van der Waals surface area (Å²) in [4.78, 5) is 23.8. The van der Waals surface area contributed by atoms with Crippen LogP contribution in [0.1, 0.15) is 16.8 Å². The first kappa shape index (κ1) is 14.5. The van der Waals surface area contributed by atoms with Crippen molar-refractivity contribution in [2.45, 2.75) is 6.42 Å². The fourth-order valence-corrected chi connectivity index (χ4v) is 1.79. The molecule has 1 aromatic rings. The summed E-state index contributed by atoms with van der Waals surface area (Å²) in [6.45, 7) is 0.173. The fraction of sp³-hybridized carbons (Fsp3) is 0.333. The number of carboxylic acid groups (broad SMARTS) is 1. The summed E-state index contributed by atoms with van der Waals surface area (Å²) >= 11 is 3.30. The van der Waals surface area contributed by atoms with E-state index in [0.717, 1.165) is 4.47 Å². The van der Waals surface area contributed by atoms with Crippen molar-refractivity contribution < 1.29 is 19.4 Å². The molecule has 0 fully saturated rings. The zero-order valence-electron chi connectivity index (χ0n) is 10.1. The van der Waals surface area contributed by atoms with Gasteiger partial charge in [-0.15, -0.1) is 0 Å². The molecule has 1 rings (SSSR count). The van der Waals surface area contributed by atoms with Crippen LogP contribution < -0.4 is 4.74 Å². The van der Waals surface area contributed by atoms with E-state index >= 15 is 0 Å². The molecule has 0 radical (unpaired) electrons. The number of rotatable bonds is 5. The van der Waals surface area contributed by atoms with E-state index < -0.39 is 5.97 Å². The average molecular weight is 316 g/mol. The number of hydrogen-bond donors (Lipinski definition) is 1. The number of methoxy groups -OCH3 is 1. The van der Waals surface area contributed by atoms with Crippen LogP contribution in [0.15, 0.2) is 22.7 Å². The van der Waals surface area contributed by atoms with Crippen LogP contribution in [0.4, 0.5) is 0 Å².